The van der Waals surface area contributed by atoms with Crippen LogP contribution in [0.1, 0.15) is 62.9 Å². The van der Waals surface area contributed by atoms with Gasteiger partial charge in [0.25, 0.3) is 0 Å². The first-order chi connectivity index (χ1) is 17.9. The predicted molar refractivity (Wildman–Crippen MR) is 150 cm³/mol. The number of hydrogen-bond donors (Lipinski definition) is 2. The lowest BCUT2D eigenvalue weighted by atomic mass is 9.95. The van der Waals surface area contributed by atoms with E-state index in [-0.39, 0.29) is 29.8 Å². The van der Waals surface area contributed by atoms with Gasteiger partial charge in [-0.1, -0.05) is 74.9 Å². The molecule has 2 heterocycles. The smallest absolute Gasteiger partial charge is 0.243 e. The van der Waals surface area contributed by atoms with Crippen LogP contribution in [0.4, 0.5) is 0 Å². The van der Waals surface area contributed by atoms with Crippen molar-refractivity contribution < 1.29 is 9.59 Å². The summed E-state index contributed by atoms with van der Waals surface area (Å²) in [6, 6.07) is 17.7. The van der Waals surface area contributed by atoms with Gasteiger partial charge < -0.3 is 10.2 Å². The molecule has 2 amide bonds. The summed E-state index contributed by atoms with van der Waals surface area (Å²) < 4.78 is 0. The molecular formula is C30H38N4O2S. The number of benzene rings is 2. The molecule has 7 heteroatoms. The fraction of sp³-hybridized carbons (Fsp3) is 0.433. The predicted octanol–water partition coefficient (Wildman–Crippen LogP) is 5.49. The molecule has 4 unspecified atom stereocenters. The van der Waals surface area contributed by atoms with E-state index in [2.05, 4.69) is 60.7 Å². The van der Waals surface area contributed by atoms with E-state index in [0.29, 0.717) is 19.5 Å². The largest absolute Gasteiger partial charge is 0.350 e. The van der Waals surface area contributed by atoms with E-state index >= 15 is 0 Å². The third-order valence-electron chi connectivity index (χ3n) is 7.48. The number of likely N-dealkylation sites (tertiary alicyclic amines) is 1. The van der Waals surface area contributed by atoms with Gasteiger partial charge in [0.2, 0.25) is 11.8 Å². The Bertz CT molecular complexity index is 1180. The average molecular weight is 519 g/mol. The topological polar surface area (TPSA) is 74.3 Å². The monoisotopic (exact) mass is 518 g/mol. The van der Waals surface area contributed by atoms with E-state index in [1.165, 1.54) is 4.88 Å². The highest BCUT2D eigenvalue weighted by molar-refractivity contribution is 7.13. The lowest BCUT2D eigenvalue weighted by Crippen LogP contribution is -2.54. The Labute approximate surface area is 224 Å². The molecule has 1 aliphatic heterocycles. The van der Waals surface area contributed by atoms with Gasteiger partial charge in [-0.05, 0) is 49.3 Å². The summed E-state index contributed by atoms with van der Waals surface area (Å²) >= 11 is 1.63. The third kappa shape index (κ3) is 6.46. The molecule has 0 radical (unpaired) electrons. The Balaban J connectivity index is 1.39. The van der Waals surface area contributed by atoms with Crippen molar-refractivity contribution in [3.8, 4) is 10.4 Å². The number of nitrogens with one attached hydrogen (secondary N) is 2. The number of aromatic nitrogens is 1. The molecule has 2 aromatic carbocycles. The Kier molecular flexibility index (Phi) is 9.11. The number of nitrogens with zero attached hydrogens (tertiary/aromatic N) is 2. The van der Waals surface area contributed by atoms with E-state index in [0.717, 1.165) is 35.2 Å². The molecule has 1 aliphatic rings. The van der Waals surface area contributed by atoms with Gasteiger partial charge >= 0.3 is 0 Å². The first-order valence-corrected chi connectivity index (χ1v) is 14.2. The molecule has 0 saturated carbocycles. The Morgan fingerprint density at radius 2 is 1.84 bits per heavy atom. The summed E-state index contributed by atoms with van der Waals surface area (Å²) in [6.45, 7) is 9.38. The SMILES string of the molecule is CCC(C)C(NC(C)c1ccccc1)C(=O)N1CCCC1C(=O)NCc1ccc(-c2scnc2C)cc1. The zero-order chi connectivity index (χ0) is 26.4. The molecule has 6 nitrogen and oxygen atoms in total. The van der Waals surface area contributed by atoms with Gasteiger partial charge in [0.1, 0.15) is 6.04 Å². The highest BCUT2D eigenvalue weighted by Gasteiger charge is 2.38. The zero-order valence-corrected chi connectivity index (χ0v) is 23.1. The molecule has 0 spiro atoms. The highest BCUT2D eigenvalue weighted by Crippen LogP contribution is 2.27. The van der Waals surface area contributed by atoms with E-state index in [9.17, 15) is 9.59 Å². The second kappa shape index (κ2) is 12.5. The van der Waals surface area contributed by atoms with Crippen molar-refractivity contribution in [2.45, 2.75) is 71.6 Å². The molecular weight excluding hydrogens is 480 g/mol. The molecule has 37 heavy (non-hydrogen) atoms. The Hall–Kier alpha value is -3.03. The van der Waals surface area contributed by atoms with Crippen LogP contribution in [-0.4, -0.2) is 40.3 Å². The Morgan fingerprint density at radius 3 is 2.49 bits per heavy atom. The van der Waals surface area contributed by atoms with Gasteiger partial charge in [0, 0.05) is 19.1 Å². The van der Waals surface area contributed by atoms with Gasteiger partial charge in [-0.2, -0.15) is 0 Å². The molecule has 196 valence electrons. The number of carbonyl (C=O) groups is 2. The van der Waals surface area contributed by atoms with Crippen LogP contribution in [0.25, 0.3) is 10.4 Å². The normalized spacial score (nSPS) is 17.8. The zero-order valence-electron chi connectivity index (χ0n) is 22.2. The van der Waals surface area contributed by atoms with E-state index in [1.54, 1.807) is 16.2 Å². The number of aryl methyl sites for hydroxylation is 1. The molecule has 4 atom stereocenters. The minimum Gasteiger partial charge on any atom is -0.350 e. The van der Waals surface area contributed by atoms with E-state index in [4.69, 9.17) is 0 Å². The fourth-order valence-corrected chi connectivity index (χ4v) is 5.78. The standard InChI is InChI=1S/C30H38N4O2S/c1-5-20(2)27(33-21(3)24-10-7-6-8-11-24)30(36)34-17-9-12-26(34)29(35)31-18-23-13-15-25(16-14-23)28-22(4)32-19-37-28/h6-8,10-11,13-16,19-21,26-27,33H,5,9,12,17-18H2,1-4H3,(H,31,35). The minimum atomic E-state index is -0.424. The van der Waals surface area contributed by atoms with E-state index in [1.807, 2.05) is 42.8 Å². The van der Waals surface area contributed by atoms with Crippen LogP contribution in [0.3, 0.4) is 0 Å². The minimum absolute atomic E-state index is 0.0269. The van der Waals surface area contributed by atoms with Crippen molar-refractivity contribution in [2.24, 2.45) is 5.92 Å². The van der Waals surface area contributed by atoms with Crippen molar-refractivity contribution in [1.29, 1.82) is 0 Å². The lowest BCUT2D eigenvalue weighted by Gasteiger charge is -2.33. The maximum atomic E-state index is 13.8. The van der Waals surface area contributed by atoms with Crippen molar-refractivity contribution in [2.75, 3.05) is 6.54 Å². The summed E-state index contributed by atoms with van der Waals surface area (Å²) in [5.41, 5.74) is 6.20. The Morgan fingerprint density at radius 1 is 1.11 bits per heavy atom. The van der Waals surface area contributed by atoms with Crippen LogP contribution in [0.5, 0.6) is 0 Å². The maximum absolute atomic E-state index is 13.8. The third-order valence-corrected chi connectivity index (χ3v) is 8.45. The fourth-order valence-electron chi connectivity index (χ4n) is 4.96. The second-order valence-corrected chi connectivity index (χ2v) is 10.9. The summed E-state index contributed by atoms with van der Waals surface area (Å²) in [5.74, 6) is 0.106. The summed E-state index contributed by atoms with van der Waals surface area (Å²) in [4.78, 5) is 34.3. The van der Waals surface area contributed by atoms with Crippen LogP contribution in [0.2, 0.25) is 0 Å². The van der Waals surface area contributed by atoms with Crippen molar-refractivity contribution >= 4 is 23.2 Å². The van der Waals surface area contributed by atoms with Crippen LogP contribution < -0.4 is 10.6 Å². The van der Waals surface area contributed by atoms with Gasteiger partial charge in [-0.3, -0.25) is 14.9 Å². The van der Waals surface area contributed by atoms with Crippen LogP contribution in [-0.2, 0) is 16.1 Å². The number of rotatable bonds is 10. The quantitative estimate of drug-likeness (QED) is 0.372. The molecule has 1 fully saturated rings. The molecule has 3 aromatic rings. The first kappa shape index (κ1) is 27.0. The van der Waals surface area contributed by atoms with Gasteiger partial charge in [0.15, 0.2) is 0 Å². The van der Waals surface area contributed by atoms with Crippen molar-refractivity contribution in [1.82, 2.24) is 20.5 Å². The number of carbonyl (C=O) groups excluding carboxylic acids is 2. The van der Waals surface area contributed by atoms with E-state index < -0.39 is 6.04 Å². The van der Waals surface area contributed by atoms with Crippen LogP contribution in [0, 0.1) is 12.8 Å². The molecule has 2 N–H and O–H groups in total. The van der Waals surface area contributed by atoms with Crippen molar-refractivity contribution in [3.63, 3.8) is 0 Å². The van der Waals surface area contributed by atoms with Gasteiger partial charge in [0.05, 0.1) is 22.1 Å². The average Bonchev–Trinajstić information content (AvgIpc) is 3.59. The van der Waals surface area contributed by atoms with Crippen molar-refractivity contribution in [3.05, 3.63) is 76.9 Å². The highest BCUT2D eigenvalue weighted by atomic mass is 32.1. The maximum Gasteiger partial charge on any atom is 0.243 e. The second-order valence-electron chi connectivity index (χ2n) is 10.0. The molecule has 0 aliphatic carbocycles. The summed E-state index contributed by atoms with van der Waals surface area (Å²) in [7, 11) is 0. The van der Waals surface area contributed by atoms with Crippen LogP contribution in [0.15, 0.2) is 60.1 Å². The lowest BCUT2D eigenvalue weighted by molar-refractivity contribution is -0.141. The van der Waals surface area contributed by atoms with Gasteiger partial charge in [-0.15, -0.1) is 11.3 Å². The molecule has 1 aromatic heterocycles. The number of amides is 2. The number of thiazole rings is 1. The molecule has 0 bridgehead atoms. The molecule has 1 saturated heterocycles. The summed E-state index contributed by atoms with van der Waals surface area (Å²) in [5, 5.41) is 6.65. The summed E-state index contributed by atoms with van der Waals surface area (Å²) in [6.07, 6.45) is 2.42. The molecule has 4 rings (SSSR count). The van der Waals surface area contributed by atoms with Gasteiger partial charge in [-0.25, -0.2) is 4.98 Å². The van der Waals surface area contributed by atoms with Crippen LogP contribution >= 0.6 is 11.3 Å². The first-order valence-electron chi connectivity index (χ1n) is 13.3. The number of hydrogen-bond acceptors (Lipinski definition) is 5.